The van der Waals surface area contributed by atoms with E-state index in [0.29, 0.717) is 5.92 Å². The molecule has 1 fully saturated rings. The van der Waals surface area contributed by atoms with Gasteiger partial charge in [0.2, 0.25) is 0 Å². The zero-order valence-corrected chi connectivity index (χ0v) is 13.8. The molecule has 1 N–H and O–H groups in total. The summed E-state index contributed by atoms with van der Waals surface area (Å²) in [6.45, 7) is 8.27. The Morgan fingerprint density at radius 2 is 1.77 bits per heavy atom. The quantitative estimate of drug-likeness (QED) is 0.810. The summed E-state index contributed by atoms with van der Waals surface area (Å²) in [5, 5.41) is 3.34. The van der Waals surface area contributed by atoms with Crippen molar-refractivity contribution in [1.29, 1.82) is 0 Å². The van der Waals surface area contributed by atoms with Gasteiger partial charge in [-0.05, 0) is 35.4 Å². The van der Waals surface area contributed by atoms with E-state index in [2.05, 4.69) is 24.1 Å². The zero-order chi connectivity index (χ0) is 16.2. The van der Waals surface area contributed by atoms with Crippen LogP contribution in [0.4, 0.5) is 13.2 Å². The molecule has 2 atom stereocenters. The minimum absolute atomic E-state index is 0.0527. The Morgan fingerprint density at radius 3 is 2.27 bits per heavy atom. The largest absolute Gasteiger partial charge is 0.446 e. The van der Waals surface area contributed by atoms with Crippen molar-refractivity contribution in [2.24, 2.45) is 5.92 Å². The maximum Gasteiger partial charge on any atom is 0.446 e. The monoisotopic (exact) mass is 332 g/mol. The molecule has 2 rings (SSSR count). The molecular formula is C16H23F3N2S. The first-order valence-electron chi connectivity index (χ1n) is 7.71. The molecule has 1 saturated heterocycles. The van der Waals surface area contributed by atoms with Crippen molar-refractivity contribution in [2.45, 2.75) is 36.7 Å². The van der Waals surface area contributed by atoms with Crippen LogP contribution >= 0.6 is 11.8 Å². The predicted octanol–water partition coefficient (Wildman–Crippen LogP) is 4.29. The summed E-state index contributed by atoms with van der Waals surface area (Å²) in [5.74, 6) is 0.471. The van der Waals surface area contributed by atoms with Gasteiger partial charge in [0, 0.05) is 37.1 Å². The summed E-state index contributed by atoms with van der Waals surface area (Å²) in [5.41, 5.74) is -3.11. The third kappa shape index (κ3) is 4.89. The normalized spacial score (nSPS) is 19.9. The zero-order valence-electron chi connectivity index (χ0n) is 13.0. The molecule has 0 amide bonds. The van der Waals surface area contributed by atoms with E-state index in [0.717, 1.165) is 38.2 Å². The third-order valence-corrected chi connectivity index (χ3v) is 4.92. The second-order valence-corrected chi connectivity index (χ2v) is 6.87. The number of halogens is 3. The van der Waals surface area contributed by atoms with Gasteiger partial charge in [0.05, 0.1) is 0 Å². The van der Waals surface area contributed by atoms with Crippen LogP contribution < -0.4 is 5.32 Å². The Labute approximate surface area is 134 Å². The molecule has 124 valence electrons. The van der Waals surface area contributed by atoms with Gasteiger partial charge in [-0.25, -0.2) is 0 Å². The lowest BCUT2D eigenvalue weighted by Gasteiger charge is -2.38. The smallest absolute Gasteiger partial charge is 0.314 e. The average Bonchev–Trinajstić information content (AvgIpc) is 2.48. The Bertz CT molecular complexity index is 455. The van der Waals surface area contributed by atoms with Crippen molar-refractivity contribution in [3.8, 4) is 0 Å². The summed E-state index contributed by atoms with van der Waals surface area (Å²) in [6.07, 6.45) is 1.05. The van der Waals surface area contributed by atoms with Crippen molar-refractivity contribution < 1.29 is 13.2 Å². The summed E-state index contributed by atoms with van der Waals surface area (Å²) < 4.78 is 37.3. The Hall–Kier alpha value is -0.720. The highest BCUT2D eigenvalue weighted by molar-refractivity contribution is 8.00. The molecule has 1 aliphatic heterocycles. The maximum absolute atomic E-state index is 12.4. The molecular weight excluding hydrogens is 309 g/mol. The second-order valence-electron chi connectivity index (χ2n) is 5.73. The molecule has 1 unspecified atom stereocenters. The van der Waals surface area contributed by atoms with Crippen molar-refractivity contribution in [2.75, 3.05) is 26.2 Å². The number of rotatable bonds is 5. The van der Waals surface area contributed by atoms with Crippen LogP contribution in [-0.4, -0.2) is 36.6 Å². The summed E-state index contributed by atoms with van der Waals surface area (Å²) >= 11 is -0.0527. The standard InChI is InChI=1S/C16H23F3N2S/c1-3-12(2)15(21-10-8-20-9-11-21)13-4-6-14(7-5-13)22-16(17,18)19/h4-7,12,15,20H,3,8-11H2,1-2H3/t12?,15-/m0/s1. The van der Waals surface area contributed by atoms with E-state index in [1.165, 1.54) is 0 Å². The first-order chi connectivity index (χ1) is 10.4. The van der Waals surface area contributed by atoms with Crippen molar-refractivity contribution in [3.63, 3.8) is 0 Å². The van der Waals surface area contributed by atoms with Crippen LogP contribution in [0.2, 0.25) is 0 Å². The molecule has 0 saturated carbocycles. The van der Waals surface area contributed by atoms with Gasteiger partial charge >= 0.3 is 5.51 Å². The second kappa shape index (κ2) is 7.70. The number of hydrogen-bond acceptors (Lipinski definition) is 3. The molecule has 1 heterocycles. The molecule has 0 aliphatic carbocycles. The number of nitrogens with one attached hydrogen (secondary N) is 1. The van der Waals surface area contributed by atoms with E-state index in [1.54, 1.807) is 12.1 Å². The number of alkyl halides is 3. The molecule has 0 bridgehead atoms. The van der Waals surface area contributed by atoms with Gasteiger partial charge in [0.25, 0.3) is 0 Å². The highest BCUT2D eigenvalue weighted by Gasteiger charge is 2.30. The van der Waals surface area contributed by atoms with Crippen LogP contribution in [0.5, 0.6) is 0 Å². The first-order valence-corrected chi connectivity index (χ1v) is 8.53. The minimum Gasteiger partial charge on any atom is -0.314 e. The topological polar surface area (TPSA) is 15.3 Å². The van der Waals surface area contributed by atoms with Crippen LogP contribution in [0.3, 0.4) is 0 Å². The van der Waals surface area contributed by atoms with Gasteiger partial charge in [-0.15, -0.1) is 0 Å². The molecule has 6 heteroatoms. The van der Waals surface area contributed by atoms with Crippen molar-refractivity contribution in [3.05, 3.63) is 29.8 Å². The third-order valence-electron chi connectivity index (χ3n) is 4.18. The molecule has 0 spiro atoms. The van der Waals surface area contributed by atoms with Crippen LogP contribution in [0.15, 0.2) is 29.2 Å². The lowest BCUT2D eigenvalue weighted by atomic mass is 9.90. The highest BCUT2D eigenvalue weighted by atomic mass is 32.2. The average molecular weight is 332 g/mol. The van der Waals surface area contributed by atoms with E-state index in [4.69, 9.17) is 0 Å². The van der Waals surface area contributed by atoms with E-state index in [-0.39, 0.29) is 22.7 Å². The lowest BCUT2D eigenvalue weighted by molar-refractivity contribution is -0.0328. The van der Waals surface area contributed by atoms with Crippen LogP contribution in [0.1, 0.15) is 31.9 Å². The summed E-state index contributed by atoms with van der Waals surface area (Å²) in [4.78, 5) is 2.69. The fourth-order valence-electron chi connectivity index (χ4n) is 2.95. The van der Waals surface area contributed by atoms with E-state index < -0.39 is 5.51 Å². The molecule has 1 aromatic rings. The van der Waals surface area contributed by atoms with Crippen molar-refractivity contribution >= 4 is 11.8 Å². The first kappa shape index (κ1) is 17.6. The van der Waals surface area contributed by atoms with Gasteiger partial charge < -0.3 is 5.32 Å². The van der Waals surface area contributed by atoms with E-state index in [1.807, 2.05) is 12.1 Å². The lowest BCUT2D eigenvalue weighted by Crippen LogP contribution is -2.46. The van der Waals surface area contributed by atoms with Gasteiger partial charge in [-0.3, -0.25) is 4.90 Å². The molecule has 0 aromatic heterocycles. The van der Waals surface area contributed by atoms with Gasteiger partial charge in [0.15, 0.2) is 0 Å². The van der Waals surface area contributed by atoms with Gasteiger partial charge in [0.1, 0.15) is 0 Å². The highest BCUT2D eigenvalue weighted by Crippen LogP contribution is 2.38. The number of thioether (sulfide) groups is 1. The van der Waals surface area contributed by atoms with E-state index in [9.17, 15) is 13.2 Å². The summed E-state index contributed by atoms with van der Waals surface area (Å²) in [7, 11) is 0. The molecule has 0 radical (unpaired) electrons. The van der Waals surface area contributed by atoms with Crippen LogP contribution in [0.25, 0.3) is 0 Å². The maximum atomic E-state index is 12.4. The molecule has 1 aromatic carbocycles. The number of piperazine rings is 1. The van der Waals surface area contributed by atoms with Crippen molar-refractivity contribution in [1.82, 2.24) is 10.2 Å². The minimum atomic E-state index is -4.23. The fraction of sp³-hybridized carbons (Fsp3) is 0.625. The van der Waals surface area contributed by atoms with Crippen LogP contribution in [0, 0.1) is 5.92 Å². The predicted molar refractivity (Wildman–Crippen MR) is 85.0 cm³/mol. The van der Waals surface area contributed by atoms with E-state index >= 15 is 0 Å². The Balaban J connectivity index is 2.16. The molecule has 2 nitrogen and oxygen atoms in total. The fourth-order valence-corrected chi connectivity index (χ4v) is 3.49. The SMILES string of the molecule is CCC(C)[C@@H](c1ccc(SC(F)(F)F)cc1)N1CCNCC1. The molecule has 22 heavy (non-hydrogen) atoms. The molecule has 1 aliphatic rings. The van der Waals surface area contributed by atoms with Crippen LogP contribution in [-0.2, 0) is 0 Å². The number of nitrogens with zero attached hydrogens (tertiary/aromatic N) is 1. The van der Waals surface area contributed by atoms with Gasteiger partial charge in [-0.2, -0.15) is 13.2 Å². The number of hydrogen-bond donors (Lipinski definition) is 1. The Morgan fingerprint density at radius 1 is 1.18 bits per heavy atom. The summed E-state index contributed by atoms with van der Waals surface area (Å²) in [6, 6.07) is 7.16. The Kier molecular flexibility index (Phi) is 6.17. The van der Waals surface area contributed by atoms with Gasteiger partial charge in [-0.1, -0.05) is 32.4 Å². The number of benzene rings is 1.